The molecule has 0 aromatic heterocycles. The standard InChI is InChI=1S/C16H24N2O3/c1-16(11-17)7-9-18(10-8-16)15(19)14-12(20-2)5-4-6-13(14)21-3/h4-6H,7-11,17H2,1-3H3. The quantitative estimate of drug-likeness (QED) is 0.920. The first-order valence-electron chi connectivity index (χ1n) is 7.25. The SMILES string of the molecule is COc1cccc(OC)c1C(=O)N1CCC(C)(CN)CC1. The molecule has 1 aliphatic heterocycles. The molecule has 0 bridgehead atoms. The van der Waals surface area contributed by atoms with Crippen LogP contribution in [0.5, 0.6) is 11.5 Å². The van der Waals surface area contributed by atoms with E-state index in [1.165, 1.54) is 0 Å². The van der Waals surface area contributed by atoms with E-state index >= 15 is 0 Å². The lowest BCUT2D eigenvalue weighted by Gasteiger charge is -2.38. The molecule has 0 aliphatic carbocycles. The van der Waals surface area contributed by atoms with Gasteiger partial charge in [0.15, 0.2) is 0 Å². The van der Waals surface area contributed by atoms with Crippen LogP contribution in [-0.2, 0) is 0 Å². The Balaban J connectivity index is 2.22. The summed E-state index contributed by atoms with van der Waals surface area (Å²) in [7, 11) is 3.13. The number of hydrogen-bond acceptors (Lipinski definition) is 4. The van der Waals surface area contributed by atoms with Gasteiger partial charge in [0.05, 0.1) is 14.2 Å². The number of piperidine rings is 1. The fraction of sp³-hybridized carbons (Fsp3) is 0.562. The van der Waals surface area contributed by atoms with Crippen molar-refractivity contribution >= 4 is 5.91 Å². The molecule has 1 fully saturated rings. The molecule has 0 saturated carbocycles. The Morgan fingerprint density at radius 2 is 1.76 bits per heavy atom. The van der Waals surface area contributed by atoms with Crippen LogP contribution in [-0.4, -0.2) is 44.7 Å². The predicted molar refractivity (Wildman–Crippen MR) is 81.8 cm³/mol. The molecular formula is C16H24N2O3. The van der Waals surface area contributed by atoms with E-state index in [4.69, 9.17) is 15.2 Å². The number of nitrogens with two attached hydrogens (primary N) is 1. The van der Waals surface area contributed by atoms with E-state index in [2.05, 4.69) is 6.92 Å². The van der Waals surface area contributed by atoms with Crippen molar-refractivity contribution in [3.8, 4) is 11.5 Å². The van der Waals surface area contributed by atoms with E-state index in [9.17, 15) is 4.79 Å². The number of hydrogen-bond donors (Lipinski definition) is 1. The average molecular weight is 292 g/mol. The highest BCUT2D eigenvalue weighted by atomic mass is 16.5. The molecule has 5 nitrogen and oxygen atoms in total. The van der Waals surface area contributed by atoms with E-state index in [1.54, 1.807) is 26.4 Å². The van der Waals surface area contributed by atoms with Gasteiger partial charge in [0, 0.05) is 13.1 Å². The molecule has 1 aromatic rings. The summed E-state index contributed by atoms with van der Waals surface area (Å²) in [6.07, 6.45) is 1.85. The fourth-order valence-corrected chi connectivity index (χ4v) is 2.67. The lowest BCUT2D eigenvalue weighted by atomic mass is 9.80. The van der Waals surface area contributed by atoms with Gasteiger partial charge < -0.3 is 20.1 Å². The van der Waals surface area contributed by atoms with Crippen LogP contribution in [0.15, 0.2) is 18.2 Å². The van der Waals surface area contributed by atoms with Crippen molar-refractivity contribution in [2.45, 2.75) is 19.8 Å². The Morgan fingerprint density at radius 3 is 2.19 bits per heavy atom. The predicted octanol–water partition coefficient (Wildman–Crippen LogP) is 1.90. The summed E-state index contributed by atoms with van der Waals surface area (Å²) in [5, 5.41) is 0. The molecule has 1 amide bonds. The van der Waals surface area contributed by atoms with Crippen molar-refractivity contribution < 1.29 is 14.3 Å². The van der Waals surface area contributed by atoms with Crippen LogP contribution in [0.25, 0.3) is 0 Å². The first kappa shape index (κ1) is 15.6. The second kappa shape index (κ2) is 6.35. The highest BCUT2D eigenvalue weighted by Crippen LogP contribution is 2.33. The van der Waals surface area contributed by atoms with Crippen molar-refractivity contribution in [1.82, 2.24) is 4.90 Å². The van der Waals surface area contributed by atoms with Gasteiger partial charge in [-0.15, -0.1) is 0 Å². The molecule has 0 atom stereocenters. The minimum Gasteiger partial charge on any atom is -0.496 e. The molecule has 116 valence electrons. The average Bonchev–Trinajstić information content (AvgIpc) is 2.54. The van der Waals surface area contributed by atoms with Crippen LogP contribution in [0.4, 0.5) is 0 Å². The van der Waals surface area contributed by atoms with Gasteiger partial charge in [-0.25, -0.2) is 0 Å². The third-order valence-electron chi connectivity index (χ3n) is 4.39. The monoisotopic (exact) mass is 292 g/mol. The van der Waals surface area contributed by atoms with Gasteiger partial charge in [0.1, 0.15) is 17.1 Å². The number of carbonyl (C=O) groups excluding carboxylic acids is 1. The molecular weight excluding hydrogens is 268 g/mol. The number of nitrogens with zero attached hydrogens (tertiary/aromatic N) is 1. The normalized spacial score (nSPS) is 17.4. The number of carbonyl (C=O) groups is 1. The molecule has 1 aliphatic rings. The second-order valence-electron chi connectivity index (χ2n) is 5.84. The Morgan fingerprint density at radius 1 is 1.24 bits per heavy atom. The van der Waals surface area contributed by atoms with Gasteiger partial charge in [-0.1, -0.05) is 13.0 Å². The minimum absolute atomic E-state index is 0.0385. The molecule has 0 radical (unpaired) electrons. The van der Waals surface area contributed by atoms with Crippen molar-refractivity contribution in [2.24, 2.45) is 11.1 Å². The van der Waals surface area contributed by atoms with Crippen molar-refractivity contribution in [2.75, 3.05) is 33.9 Å². The topological polar surface area (TPSA) is 64.8 Å². The second-order valence-corrected chi connectivity index (χ2v) is 5.84. The zero-order chi connectivity index (χ0) is 15.5. The van der Waals surface area contributed by atoms with Crippen molar-refractivity contribution in [1.29, 1.82) is 0 Å². The Hall–Kier alpha value is -1.75. The van der Waals surface area contributed by atoms with Crippen LogP contribution < -0.4 is 15.2 Å². The zero-order valence-corrected chi connectivity index (χ0v) is 13.0. The summed E-state index contributed by atoms with van der Waals surface area (Å²) < 4.78 is 10.6. The zero-order valence-electron chi connectivity index (χ0n) is 13.0. The Bertz CT molecular complexity index is 486. The number of ether oxygens (including phenoxy) is 2. The molecule has 1 aromatic carbocycles. The number of benzene rings is 1. The molecule has 2 rings (SSSR count). The molecule has 0 unspecified atom stereocenters. The van der Waals surface area contributed by atoms with E-state index in [1.807, 2.05) is 11.0 Å². The van der Waals surface area contributed by atoms with Gasteiger partial charge in [0.25, 0.3) is 5.91 Å². The van der Waals surface area contributed by atoms with Crippen molar-refractivity contribution in [3.05, 3.63) is 23.8 Å². The van der Waals surface area contributed by atoms with Crippen LogP contribution in [0.3, 0.4) is 0 Å². The van der Waals surface area contributed by atoms with Gasteiger partial charge in [-0.05, 0) is 36.9 Å². The molecule has 2 N–H and O–H groups in total. The highest BCUT2D eigenvalue weighted by Gasteiger charge is 2.32. The number of rotatable bonds is 4. The first-order chi connectivity index (χ1) is 10.0. The van der Waals surface area contributed by atoms with Gasteiger partial charge in [-0.2, -0.15) is 0 Å². The summed E-state index contributed by atoms with van der Waals surface area (Å²) in [5.41, 5.74) is 6.46. The molecule has 21 heavy (non-hydrogen) atoms. The summed E-state index contributed by atoms with van der Waals surface area (Å²) in [6, 6.07) is 5.38. The number of likely N-dealkylation sites (tertiary alicyclic amines) is 1. The molecule has 1 heterocycles. The van der Waals surface area contributed by atoms with Crippen LogP contribution >= 0.6 is 0 Å². The number of amides is 1. The molecule has 0 spiro atoms. The van der Waals surface area contributed by atoms with E-state index in [-0.39, 0.29) is 11.3 Å². The number of methoxy groups -OCH3 is 2. The van der Waals surface area contributed by atoms with Crippen LogP contribution in [0.2, 0.25) is 0 Å². The maximum atomic E-state index is 12.8. The van der Waals surface area contributed by atoms with Crippen LogP contribution in [0.1, 0.15) is 30.1 Å². The third kappa shape index (κ3) is 3.13. The summed E-state index contributed by atoms with van der Waals surface area (Å²) in [4.78, 5) is 14.7. The summed E-state index contributed by atoms with van der Waals surface area (Å²) >= 11 is 0. The largest absolute Gasteiger partial charge is 0.496 e. The van der Waals surface area contributed by atoms with E-state index in [0.29, 0.717) is 36.7 Å². The minimum atomic E-state index is -0.0385. The third-order valence-corrected chi connectivity index (χ3v) is 4.39. The van der Waals surface area contributed by atoms with Gasteiger partial charge in [-0.3, -0.25) is 4.79 Å². The first-order valence-corrected chi connectivity index (χ1v) is 7.25. The molecule has 1 saturated heterocycles. The fourth-order valence-electron chi connectivity index (χ4n) is 2.67. The van der Waals surface area contributed by atoms with E-state index in [0.717, 1.165) is 12.8 Å². The van der Waals surface area contributed by atoms with Gasteiger partial charge in [0.2, 0.25) is 0 Å². The maximum absolute atomic E-state index is 12.8. The van der Waals surface area contributed by atoms with Crippen LogP contribution in [0, 0.1) is 5.41 Å². The summed E-state index contributed by atoms with van der Waals surface area (Å²) in [5.74, 6) is 1.06. The Labute approximate surface area is 126 Å². The lowest BCUT2D eigenvalue weighted by molar-refractivity contribution is 0.0611. The maximum Gasteiger partial charge on any atom is 0.261 e. The lowest BCUT2D eigenvalue weighted by Crippen LogP contribution is -2.44. The van der Waals surface area contributed by atoms with Gasteiger partial charge >= 0.3 is 0 Å². The summed E-state index contributed by atoms with van der Waals surface area (Å²) in [6.45, 7) is 4.27. The Kier molecular flexibility index (Phi) is 4.73. The van der Waals surface area contributed by atoms with Crippen molar-refractivity contribution in [3.63, 3.8) is 0 Å². The molecule has 5 heteroatoms. The smallest absolute Gasteiger partial charge is 0.261 e. The van der Waals surface area contributed by atoms with E-state index < -0.39 is 0 Å². The highest BCUT2D eigenvalue weighted by molar-refractivity contribution is 5.99.